The van der Waals surface area contributed by atoms with E-state index in [0.717, 1.165) is 17.1 Å². The fourth-order valence-electron chi connectivity index (χ4n) is 4.88. The summed E-state index contributed by atoms with van der Waals surface area (Å²) < 4.78 is 94.7. The number of aromatic nitrogens is 2. The van der Waals surface area contributed by atoms with Gasteiger partial charge in [-0.15, -0.1) is 11.3 Å². The normalized spacial score (nSPS) is 18.1. The molecule has 15 heteroatoms. The van der Waals surface area contributed by atoms with Gasteiger partial charge in [-0.05, 0) is 37.1 Å². The number of alkyl halides is 5. The summed E-state index contributed by atoms with van der Waals surface area (Å²) in [6, 6.07) is 4.31. The van der Waals surface area contributed by atoms with E-state index in [9.17, 15) is 40.3 Å². The molecule has 0 radical (unpaired) electrons. The summed E-state index contributed by atoms with van der Waals surface area (Å²) in [5.41, 5.74) is -3.60. The van der Waals surface area contributed by atoms with Crippen molar-refractivity contribution >= 4 is 23.0 Å². The van der Waals surface area contributed by atoms with E-state index in [1.807, 2.05) is 0 Å². The van der Waals surface area contributed by atoms with Crippen LogP contribution in [0.3, 0.4) is 0 Å². The molecule has 1 atom stereocenters. The molecular formula is C26H21F7N4O3S. The lowest BCUT2D eigenvalue weighted by Crippen LogP contribution is -2.42. The number of hydrogen-bond acceptors (Lipinski definition) is 6. The van der Waals surface area contributed by atoms with Crippen molar-refractivity contribution in [3.8, 4) is 0 Å². The first-order valence-corrected chi connectivity index (χ1v) is 13.3. The molecule has 1 fully saturated rings. The Morgan fingerprint density at radius 2 is 1.78 bits per heavy atom. The van der Waals surface area contributed by atoms with Crippen molar-refractivity contribution < 1.29 is 40.4 Å². The predicted molar refractivity (Wildman–Crippen MR) is 133 cm³/mol. The monoisotopic (exact) mass is 602 g/mol. The summed E-state index contributed by atoms with van der Waals surface area (Å²) in [6.07, 6.45) is -8.26. The zero-order chi connectivity index (χ0) is 29.5. The first-order valence-electron chi connectivity index (χ1n) is 12.4. The molecule has 3 aromatic rings. The van der Waals surface area contributed by atoms with Crippen LogP contribution in [0.5, 0.6) is 0 Å². The fourth-order valence-corrected chi connectivity index (χ4v) is 5.88. The minimum Gasteiger partial charge on any atom is -0.387 e. The van der Waals surface area contributed by atoms with E-state index in [0.29, 0.717) is 36.4 Å². The number of rotatable bonds is 6. The maximum atomic E-state index is 14.1. The van der Waals surface area contributed by atoms with Crippen molar-refractivity contribution in [3.63, 3.8) is 0 Å². The van der Waals surface area contributed by atoms with Crippen LogP contribution in [0.4, 0.5) is 30.7 Å². The van der Waals surface area contributed by atoms with Crippen LogP contribution in [0.1, 0.15) is 65.2 Å². The van der Waals surface area contributed by atoms with Gasteiger partial charge in [0.1, 0.15) is 29.5 Å². The number of likely N-dealkylation sites (tertiary alicyclic amines) is 1. The molecule has 1 amide bonds. The Kier molecular flexibility index (Phi) is 7.90. The minimum atomic E-state index is -5.06. The molecule has 0 N–H and O–H groups in total. The smallest absolute Gasteiger partial charge is 0.387 e. The second-order valence-corrected chi connectivity index (χ2v) is 10.4. The van der Waals surface area contributed by atoms with Crippen molar-refractivity contribution in [2.45, 2.75) is 50.4 Å². The van der Waals surface area contributed by atoms with E-state index in [2.05, 4.69) is 10.1 Å². The molecule has 1 aromatic carbocycles. The van der Waals surface area contributed by atoms with Crippen LogP contribution in [0.25, 0.3) is 0 Å². The summed E-state index contributed by atoms with van der Waals surface area (Å²) in [6.45, 7) is -0.595. The molecule has 1 saturated heterocycles. The SMILES string of the molecule is O=C(Cn1c(C(F)F)ccc(C(F)(F)F)c1=O)N1CCC(c2nc(C3=NOC(c4c(F)cccc4F)C3)cs2)CC1. The average Bonchev–Trinajstić information content (AvgIpc) is 3.59. The van der Waals surface area contributed by atoms with E-state index in [4.69, 9.17) is 4.84 Å². The Hall–Kier alpha value is -3.75. The van der Waals surface area contributed by atoms with Crippen molar-refractivity contribution in [2.24, 2.45) is 5.16 Å². The van der Waals surface area contributed by atoms with Crippen molar-refractivity contribution in [1.29, 1.82) is 0 Å². The molecule has 0 aliphatic carbocycles. The molecule has 0 saturated carbocycles. The summed E-state index contributed by atoms with van der Waals surface area (Å²) in [7, 11) is 0. The molecular weight excluding hydrogens is 581 g/mol. The number of halogens is 7. The zero-order valence-electron chi connectivity index (χ0n) is 21.0. The van der Waals surface area contributed by atoms with Gasteiger partial charge in [0, 0.05) is 30.8 Å². The Balaban J connectivity index is 1.22. The highest BCUT2D eigenvalue weighted by atomic mass is 32.1. The number of carbonyl (C=O) groups is 1. The van der Waals surface area contributed by atoms with Gasteiger partial charge in [-0.3, -0.25) is 14.2 Å². The highest BCUT2D eigenvalue weighted by Crippen LogP contribution is 2.35. The standard InChI is InChI=1S/C26H21F7N4O3S/c27-15-2-1-3-16(28)22(15)20-10-17(35-40-20)18-12-41-24(34-18)13-6-8-36(9-7-13)21(38)11-37-19(23(29)30)5-4-14(25(37)39)26(31,32)33/h1-5,12-13,20,23H,6-11H2. The molecule has 218 valence electrons. The molecule has 1 unspecified atom stereocenters. The van der Waals surface area contributed by atoms with Crippen LogP contribution in [-0.4, -0.2) is 39.2 Å². The number of amides is 1. The van der Waals surface area contributed by atoms with Gasteiger partial charge >= 0.3 is 6.18 Å². The maximum absolute atomic E-state index is 14.1. The lowest BCUT2D eigenvalue weighted by atomic mass is 9.97. The Morgan fingerprint density at radius 1 is 1.10 bits per heavy atom. The molecule has 41 heavy (non-hydrogen) atoms. The quantitative estimate of drug-likeness (QED) is 0.334. The van der Waals surface area contributed by atoms with E-state index >= 15 is 0 Å². The molecule has 0 bridgehead atoms. The van der Waals surface area contributed by atoms with Crippen LogP contribution in [0.15, 0.2) is 45.7 Å². The Labute approximate surface area is 231 Å². The van der Waals surface area contributed by atoms with Gasteiger partial charge in [0.05, 0.1) is 22.0 Å². The minimum absolute atomic E-state index is 0.0755. The van der Waals surface area contributed by atoms with Gasteiger partial charge in [-0.1, -0.05) is 11.2 Å². The molecule has 2 aromatic heterocycles. The summed E-state index contributed by atoms with van der Waals surface area (Å²) in [5, 5.41) is 6.41. The number of piperidine rings is 1. The number of carbonyl (C=O) groups excluding carboxylic acids is 1. The Morgan fingerprint density at radius 3 is 2.41 bits per heavy atom. The van der Waals surface area contributed by atoms with Crippen LogP contribution in [-0.2, 0) is 22.4 Å². The summed E-state index contributed by atoms with van der Waals surface area (Å²) >= 11 is 1.34. The third kappa shape index (κ3) is 5.85. The van der Waals surface area contributed by atoms with Crippen molar-refractivity contribution in [3.05, 3.63) is 85.2 Å². The highest BCUT2D eigenvalue weighted by Gasteiger charge is 2.36. The van der Waals surface area contributed by atoms with Crippen LogP contribution in [0.2, 0.25) is 0 Å². The van der Waals surface area contributed by atoms with E-state index in [1.54, 1.807) is 5.38 Å². The third-order valence-corrected chi connectivity index (χ3v) is 8.04. The van der Waals surface area contributed by atoms with Crippen molar-refractivity contribution in [1.82, 2.24) is 14.5 Å². The lowest BCUT2D eigenvalue weighted by molar-refractivity contribution is -0.140. The van der Waals surface area contributed by atoms with Gasteiger partial charge in [0.25, 0.3) is 12.0 Å². The topological polar surface area (TPSA) is 76.8 Å². The largest absolute Gasteiger partial charge is 0.421 e. The van der Waals surface area contributed by atoms with Gasteiger partial charge < -0.3 is 9.74 Å². The van der Waals surface area contributed by atoms with Crippen LogP contribution < -0.4 is 5.56 Å². The maximum Gasteiger partial charge on any atom is 0.421 e. The van der Waals surface area contributed by atoms with Crippen LogP contribution in [0, 0.1) is 11.6 Å². The number of hydrogen-bond donors (Lipinski definition) is 0. The molecule has 0 spiro atoms. The first-order chi connectivity index (χ1) is 19.4. The first kappa shape index (κ1) is 28.8. The van der Waals surface area contributed by atoms with E-state index in [1.165, 1.54) is 22.3 Å². The number of thiazole rings is 1. The highest BCUT2D eigenvalue weighted by molar-refractivity contribution is 7.10. The Bertz CT molecular complexity index is 1520. The van der Waals surface area contributed by atoms with Crippen molar-refractivity contribution in [2.75, 3.05) is 13.1 Å². The molecule has 2 aliphatic rings. The lowest BCUT2D eigenvalue weighted by Gasteiger charge is -2.31. The van der Waals surface area contributed by atoms with Gasteiger partial charge in [-0.2, -0.15) is 13.2 Å². The number of nitrogens with zero attached hydrogens (tertiary/aromatic N) is 4. The second kappa shape index (κ2) is 11.3. The summed E-state index contributed by atoms with van der Waals surface area (Å²) in [5.74, 6) is -2.31. The third-order valence-electron chi connectivity index (χ3n) is 7.04. The van der Waals surface area contributed by atoms with Gasteiger partial charge in [0.2, 0.25) is 5.91 Å². The van der Waals surface area contributed by atoms with Gasteiger partial charge in [-0.25, -0.2) is 22.5 Å². The predicted octanol–water partition coefficient (Wildman–Crippen LogP) is 5.81. The second-order valence-electron chi connectivity index (χ2n) is 9.56. The molecule has 5 rings (SSSR count). The molecule has 2 aliphatic heterocycles. The number of benzene rings is 1. The fraction of sp³-hybridized carbons (Fsp3) is 0.385. The molecule has 4 heterocycles. The summed E-state index contributed by atoms with van der Waals surface area (Å²) in [4.78, 5) is 36.3. The zero-order valence-corrected chi connectivity index (χ0v) is 21.8. The van der Waals surface area contributed by atoms with E-state index < -0.39 is 59.6 Å². The molecule has 7 nitrogen and oxygen atoms in total. The number of pyridine rings is 1. The number of oxime groups is 1. The average molecular weight is 603 g/mol. The van der Waals surface area contributed by atoms with Gasteiger partial charge in [0.15, 0.2) is 6.10 Å². The van der Waals surface area contributed by atoms with Crippen LogP contribution >= 0.6 is 11.3 Å². The van der Waals surface area contributed by atoms with E-state index in [-0.39, 0.29) is 35.6 Å².